The summed E-state index contributed by atoms with van der Waals surface area (Å²) < 4.78 is 13.7. The average Bonchev–Trinajstić information content (AvgIpc) is 2.37. The minimum Gasteiger partial charge on any atom is -0.478 e. The lowest BCUT2D eigenvalue weighted by atomic mass is 10.1. The lowest BCUT2D eigenvalue weighted by Crippen LogP contribution is -2.06. The summed E-state index contributed by atoms with van der Waals surface area (Å²) in [5.41, 5.74) is 8.24. The lowest BCUT2D eigenvalue weighted by Gasteiger charge is -2.12. The van der Waals surface area contributed by atoms with E-state index in [0.717, 1.165) is 5.56 Å². The number of aromatic carboxylic acids is 1. The van der Waals surface area contributed by atoms with Gasteiger partial charge in [-0.1, -0.05) is 6.07 Å². The van der Waals surface area contributed by atoms with Crippen molar-refractivity contribution >= 4 is 23.0 Å². The van der Waals surface area contributed by atoms with Crippen LogP contribution in [0.1, 0.15) is 21.5 Å². The maximum absolute atomic E-state index is 13.7. The van der Waals surface area contributed by atoms with Crippen LogP contribution in [0.5, 0.6) is 0 Å². The Balaban J connectivity index is 2.44. The largest absolute Gasteiger partial charge is 0.478 e. The van der Waals surface area contributed by atoms with Gasteiger partial charge in [0.2, 0.25) is 0 Å². The van der Waals surface area contributed by atoms with Crippen LogP contribution in [0.25, 0.3) is 0 Å². The number of halogens is 1. The van der Waals surface area contributed by atoms with Gasteiger partial charge in [-0.3, -0.25) is 0 Å². The Bertz CT molecular complexity index is 684. The Morgan fingerprint density at radius 1 is 1.25 bits per heavy atom. The van der Waals surface area contributed by atoms with Crippen LogP contribution in [0.4, 0.5) is 21.5 Å². The molecule has 4 nitrogen and oxygen atoms in total. The SMILES string of the molecule is Cc1ccc(F)c(Nc2cc(C)c(N)c(C(=O)O)c2)c1. The molecule has 0 bridgehead atoms. The van der Waals surface area contributed by atoms with Gasteiger partial charge in [0.05, 0.1) is 11.3 Å². The molecule has 0 unspecified atom stereocenters. The Labute approximate surface area is 116 Å². The second kappa shape index (κ2) is 5.21. The van der Waals surface area contributed by atoms with E-state index in [-0.39, 0.29) is 11.3 Å². The number of hydrogen-bond donors (Lipinski definition) is 3. The maximum Gasteiger partial charge on any atom is 0.337 e. The number of anilines is 3. The first kappa shape index (κ1) is 13.9. The third-order valence-electron chi connectivity index (χ3n) is 3.02. The molecule has 0 aliphatic rings. The molecular weight excluding hydrogens is 259 g/mol. The van der Waals surface area contributed by atoms with Crippen LogP contribution in [0.15, 0.2) is 30.3 Å². The van der Waals surface area contributed by atoms with Crippen LogP contribution in [0.3, 0.4) is 0 Å². The predicted octanol–water partition coefficient (Wildman–Crippen LogP) is 3.47. The summed E-state index contributed by atoms with van der Waals surface area (Å²) in [6.45, 7) is 3.56. The fraction of sp³-hybridized carbons (Fsp3) is 0.133. The topological polar surface area (TPSA) is 75.3 Å². The zero-order chi connectivity index (χ0) is 14.9. The van der Waals surface area contributed by atoms with Crippen LogP contribution >= 0.6 is 0 Å². The molecule has 2 aromatic rings. The molecule has 4 N–H and O–H groups in total. The summed E-state index contributed by atoms with van der Waals surface area (Å²) in [7, 11) is 0. The number of carboxylic acids is 1. The average molecular weight is 274 g/mol. The number of nitrogens with one attached hydrogen (secondary N) is 1. The van der Waals surface area contributed by atoms with Crippen LogP contribution in [0.2, 0.25) is 0 Å². The molecule has 0 saturated heterocycles. The second-order valence-electron chi connectivity index (χ2n) is 4.67. The van der Waals surface area contributed by atoms with E-state index in [0.29, 0.717) is 16.9 Å². The highest BCUT2D eigenvalue weighted by molar-refractivity contribution is 5.96. The van der Waals surface area contributed by atoms with Crippen molar-refractivity contribution in [1.82, 2.24) is 0 Å². The van der Waals surface area contributed by atoms with Crippen molar-refractivity contribution in [2.24, 2.45) is 0 Å². The molecule has 2 rings (SSSR count). The molecule has 0 saturated carbocycles. The molecule has 104 valence electrons. The molecule has 0 amide bonds. The molecule has 0 aromatic heterocycles. The van der Waals surface area contributed by atoms with Crippen molar-refractivity contribution in [2.75, 3.05) is 11.1 Å². The van der Waals surface area contributed by atoms with Crippen molar-refractivity contribution in [3.05, 3.63) is 52.8 Å². The first-order valence-electron chi connectivity index (χ1n) is 6.05. The summed E-state index contributed by atoms with van der Waals surface area (Å²) in [5, 5.41) is 12.0. The van der Waals surface area contributed by atoms with Crippen molar-refractivity contribution in [3.8, 4) is 0 Å². The number of hydrogen-bond acceptors (Lipinski definition) is 3. The monoisotopic (exact) mass is 274 g/mol. The van der Waals surface area contributed by atoms with Crippen molar-refractivity contribution in [3.63, 3.8) is 0 Å². The zero-order valence-corrected chi connectivity index (χ0v) is 11.2. The zero-order valence-electron chi connectivity index (χ0n) is 11.2. The summed E-state index contributed by atoms with van der Waals surface area (Å²) in [5.74, 6) is -1.51. The van der Waals surface area contributed by atoms with Gasteiger partial charge in [0.25, 0.3) is 0 Å². The van der Waals surface area contributed by atoms with Gasteiger partial charge in [-0.2, -0.15) is 0 Å². The number of aryl methyl sites for hydroxylation is 2. The normalized spacial score (nSPS) is 10.3. The number of rotatable bonds is 3. The van der Waals surface area contributed by atoms with E-state index in [9.17, 15) is 9.18 Å². The molecule has 0 aliphatic carbocycles. The van der Waals surface area contributed by atoms with Gasteiger partial charge in [-0.25, -0.2) is 9.18 Å². The van der Waals surface area contributed by atoms with E-state index in [1.165, 1.54) is 12.1 Å². The number of carbonyl (C=O) groups is 1. The third-order valence-corrected chi connectivity index (χ3v) is 3.02. The van der Waals surface area contributed by atoms with Crippen LogP contribution in [-0.2, 0) is 0 Å². The highest BCUT2D eigenvalue weighted by Gasteiger charge is 2.12. The number of carboxylic acid groups (broad SMARTS) is 1. The Morgan fingerprint density at radius 2 is 1.95 bits per heavy atom. The maximum atomic E-state index is 13.7. The third kappa shape index (κ3) is 2.71. The fourth-order valence-electron chi connectivity index (χ4n) is 1.94. The molecule has 0 aliphatic heterocycles. The van der Waals surface area contributed by atoms with Gasteiger partial charge in [0, 0.05) is 11.4 Å². The van der Waals surface area contributed by atoms with Crippen LogP contribution in [0, 0.1) is 19.7 Å². The molecule has 0 radical (unpaired) electrons. The summed E-state index contributed by atoms with van der Waals surface area (Å²) in [6.07, 6.45) is 0. The van der Waals surface area contributed by atoms with Crippen molar-refractivity contribution in [2.45, 2.75) is 13.8 Å². The van der Waals surface area contributed by atoms with Crippen molar-refractivity contribution in [1.29, 1.82) is 0 Å². The Morgan fingerprint density at radius 3 is 2.60 bits per heavy atom. The van der Waals surface area contributed by atoms with E-state index in [1.54, 1.807) is 25.1 Å². The van der Waals surface area contributed by atoms with Crippen LogP contribution < -0.4 is 11.1 Å². The van der Waals surface area contributed by atoms with Gasteiger partial charge in [0.15, 0.2) is 0 Å². The standard InChI is InChI=1S/C15H15FN2O2/c1-8-3-4-12(16)13(5-8)18-10-6-9(2)14(17)11(7-10)15(19)20/h3-7,18H,17H2,1-2H3,(H,19,20). The first-order chi connectivity index (χ1) is 9.38. The molecule has 2 aromatic carbocycles. The van der Waals surface area contributed by atoms with Gasteiger partial charge in [-0.05, 0) is 49.2 Å². The van der Waals surface area contributed by atoms with Crippen molar-refractivity contribution < 1.29 is 14.3 Å². The highest BCUT2D eigenvalue weighted by Crippen LogP contribution is 2.27. The Hall–Kier alpha value is -2.56. The van der Waals surface area contributed by atoms with E-state index >= 15 is 0 Å². The molecule has 0 fully saturated rings. The molecule has 5 heteroatoms. The van der Waals surface area contributed by atoms with Crippen LogP contribution in [-0.4, -0.2) is 11.1 Å². The lowest BCUT2D eigenvalue weighted by molar-refractivity contribution is 0.0698. The predicted molar refractivity (Wildman–Crippen MR) is 77.0 cm³/mol. The van der Waals surface area contributed by atoms with Gasteiger partial charge >= 0.3 is 5.97 Å². The molecule has 20 heavy (non-hydrogen) atoms. The van der Waals surface area contributed by atoms with Gasteiger partial charge in [0.1, 0.15) is 5.82 Å². The molecule has 0 spiro atoms. The summed E-state index contributed by atoms with van der Waals surface area (Å²) >= 11 is 0. The minimum atomic E-state index is -1.11. The smallest absolute Gasteiger partial charge is 0.337 e. The van der Waals surface area contributed by atoms with Gasteiger partial charge < -0.3 is 16.2 Å². The fourth-order valence-corrected chi connectivity index (χ4v) is 1.94. The highest BCUT2D eigenvalue weighted by atomic mass is 19.1. The number of nitrogen functional groups attached to an aromatic ring is 1. The summed E-state index contributed by atoms with van der Waals surface area (Å²) in [4.78, 5) is 11.1. The molecule has 0 heterocycles. The first-order valence-corrected chi connectivity index (χ1v) is 6.05. The summed E-state index contributed by atoms with van der Waals surface area (Å²) in [6, 6.07) is 7.76. The molecular formula is C15H15FN2O2. The van der Waals surface area contributed by atoms with E-state index in [2.05, 4.69) is 5.32 Å². The number of benzene rings is 2. The Kier molecular flexibility index (Phi) is 3.61. The van der Waals surface area contributed by atoms with E-state index in [4.69, 9.17) is 10.8 Å². The number of nitrogens with two attached hydrogens (primary N) is 1. The molecule has 0 atom stereocenters. The van der Waals surface area contributed by atoms with Gasteiger partial charge in [-0.15, -0.1) is 0 Å². The quantitative estimate of drug-likeness (QED) is 0.749. The van der Waals surface area contributed by atoms with E-state index < -0.39 is 11.8 Å². The minimum absolute atomic E-state index is 0.000520. The second-order valence-corrected chi connectivity index (χ2v) is 4.67. The van der Waals surface area contributed by atoms with E-state index in [1.807, 2.05) is 6.92 Å².